The normalized spacial score (nSPS) is 11.0. The second-order valence-corrected chi connectivity index (χ2v) is 7.44. The van der Waals surface area contributed by atoms with Gasteiger partial charge < -0.3 is 0 Å². The van der Waals surface area contributed by atoms with Crippen molar-refractivity contribution in [3.63, 3.8) is 0 Å². The lowest BCUT2D eigenvalue weighted by molar-refractivity contribution is 0.0324. The van der Waals surface area contributed by atoms with E-state index in [2.05, 4.69) is 60.6 Å². The smallest absolute Gasteiger partial charge is 0.274 e. The van der Waals surface area contributed by atoms with Crippen LogP contribution in [0.25, 0.3) is 10.8 Å². The van der Waals surface area contributed by atoms with E-state index in [1.54, 1.807) is 5.48 Å². The highest BCUT2D eigenvalue weighted by Crippen LogP contribution is 2.24. The molecule has 3 aromatic rings. The lowest BCUT2D eigenvalue weighted by Gasteiger charge is -2.19. The topological polar surface area (TPSA) is 90.9 Å². The lowest BCUT2D eigenvalue weighted by Crippen LogP contribution is -2.25. The van der Waals surface area contributed by atoms with Crippen LogP contribution >= 0.6 is 0 Å². The van der Waals surface area contributed by atoms with Crippen LogP contribution in [0.1, 0.15) is 45.7 Å². The molecule has 0 aliphatic rings. The number of benzene rings is 3. The SMILES string of the molecule is CCN(CC)Cc1cccc2c(CCONC(=O)c3ccc(C(=O)NO)cc3)cccc12. The quantitative estimate of drug-likeness (QED) is 0.257. The zero-order valence-electron chi connectivity index (χ0n) is 18.4. The molecular weight excluding hydrogens is 406 g/mol. The molecule has 0 aliphatic carbocycles. The first-order valence-electron chi connectivity index (χ1n) is 10.8. The Balaban J connectivity index is 1.59. The van der Waals surface area contributed by atoms with Crippen molar-refractivity contribution >= 4 is 22.6 Å². The Morgan fingerprint density at radius 2 is 1.41 bits per heavy atom. The van der Waals surface area contributed by atoms with Gasteiger partial charge in [0.05, 0.1) is 6.61 Å². The van der Waals surface area contributed by atoms with Gasteiger partial charge in [-0.25, -0.2) is 11.0 Å². The second kappa shape index (κ2) is 11.4. The zero-order valence-corrected chi connectivity index (χ0v) is 18.4. The van der Waals surface area contributed by atoms with Gasteiger partial charge >= 0.3 is 0 Å². The number of carbonyl (C=O) groups is 2. The van der Waals surface area contributed by atoms with Crippen LogP contribution < -0.4 is 11.0 Å². The minimum Gasteiger partial charge on any atom is -0.300 e. The van der Waals surface area contributed by atoms with E-state index in [1.165, 1.54) is 40.6 Å². The molecule has 0 fully saturated rings. The number of rotatable bonds is 10. The van der Waals surface area contributed by atoms with Crippen LogP contribution in [0.15, 0.2) is 60.7 Å². The van der Waals surface area contributed by atoms with Gasteiger partial charge in [-0.2, -0.15) is 0 Å². The molecule has 7 heteroatoms. The van der Waals surface area contributed by atoms with Gasteiger partial charge in [0.15, 0.2) is 0 Å². The van der Waals surface area contributed by atoms with Crippen LogP contribution in [-0.2, 0) is 17.8 Å². The second-order valence-electron chi connectivity index (χ2n) is 7.44. The largest absolute Gasteiger partial charge is 0.300 e. The summed E-state index contributed by atoms with van der Waals surface area (Å²) in [7, 11) is 0. The molecule has 0 aromatic heterocycles. The van der Waals surface area contributed by atoms with Crippen LogP contribution in [0.3, 0.4) is 0 Å². The van der Waals surface area contributed by atoms with E-state index >= 15 is 0 Å². The minimum absolute atomic E-state index is 0.251. The molecular formula is C25H29N3O4. The number of hydrogen-bond acceptors (Lipinski definition) is 5. The first-order chi connectivity index (χ1) is 15.6. The van der Waals surface area contributed by atoms with Gasteiger partial charge in [0, 0.05) is 17.7 Å². The predicted molar refractivity (Wildman–Crippen MR) is 123 cm³/mol. The molecule has 0 heterocycles. The molecule has 0 spiro atoms. The fourth-order valence-corrected chi connectivity index (χ4v) is 3.66. The van der Waals surface area contributed by atoms with E-state index in [1.807, 2.05) is 0 Å². The Bertz CT molecular complexity index is 1060. The monoisotopic (exact) mass is 435 g/mol. The van der Waals surface area contributed by atoms with Crippen LogP contribution in [0.2, 0.25) is 0 Å². The number of nitrogens with one attached hydrogen (secondary N) is 2. The van der Waals surface area contributed by atoms with Crippen LogP contribution in [-0.4, -0.2) is 41.6 Å². The number of amides is 2. The molecule has 0 saturated heterocycles. The minimum atomic E-state index is -0.636. The molecule has 0 radical (unpaired) electrons. The molecule has 168 valence electrons. The zero-order chi connectivity index (χ0) is 22.9. The number of hydrogen-bond donors (Lipinski definition) is 3. The predicted octanol–water partition coefficient (Wildman–Crippen LogP) is 3.70. The van der Waals surface area contributed by atoms with Crippen molar-refractivity contribution in [3.8, 4) is 0 Å². The highest BCUT2D eigenvalue weighted by atomic mass is 16.6. The van der Waals surface area contributed by atoms with Crippen LogP contribution in [0.5, 0.6) is 0 Å². The molecule has 0 saturated carbocycles. The lowest BCUT2D eigenvalue weighted by atomic mass is 9.98. The third kappa shape index (κ3) is 5.70. The summed E-state index contributed by atoms with van der Waals surface area (Å²) < 4.78 is 0. The summed E-state index contributed by atoms with van der Waals surface area (Å²) in [6, 6.07) is 18.6. The summed E-state index contributed by atoms with van der Waals surface area (Å²) in [5.41, 5.74) is 7.06. The highest BCUT2D eigenvalue weighted by molar-refractivity contribution is 5.97. The third-order valence-corrected chi connectivity index (χ3v) is 5.54. The maximum absolute atomic E-state index is 12.2. The molecule has 7 nitrogen and oxygen atoms in total. The molecule has 32 heavy (non-hydrogen) atoms. The Morgan fingerprint density at radius 3 is 2.00 bits per heavy atom. The highest BCUT2D eigenvalue weighted by Gasteiger charge is 2.10. The molecule has 2 amide bonds. The average molecular weight is 436 g/mol. The number of hydroxylamine groups is 2. The Morgan fingerprint density at radius 1 is 0.844 bits per heavy atom. The van der Waals surface area contributed by atoms with Crippen molar-refractivity contribution in [2.45, 2.75) is 26.8 Å². The summed E-state index contributed by atoms with van der Waals surface area (Å²) in [4.78, 5) is 31.4. The molecule has 3 aromatic carbocycles. The summed E-state index contributed by atoms with van der Waals surface area (Å²) in [6.07, 6.45) is 0.655. The number of fused-ring (bicyclic) bond motifs is 1. The van der Waals surface area contributed by atoms with Crippen LogP contribution in [0, 0.1) is 0 Å². The molecule has 0 aliphatic heterocycles. The van der Waals surface area contributed by atoms with E-state index in [0.717, 1.165) is 25.2 Å². The third-order valence-electron chi connectivity index (χ3n) is 5.54. The van der Waals surface area contributed by atoms with Crippen molar-refractivity contribution in [2.75, 3.05) is 19.7 Å². The van der Waals surface area contributed by atoms with E-state index < -0.39 is 11.8 Å². The van der Waals surface area contributed by atoms with Crippen molar-refractivity contribution < 1.29 is 19.6 Å². The summed E-state index contributed by atoms with van der Waals surface area (Å²) in [5.74, 6) is -1.04. The molecule has 3 N–H and O–H groups in total. The van der Waals surface area contributed by atoms with E-state index in [4.69, 9.17) is 10.0 Å². The Kier molecular flexibility index (Phi) is 8.33. The van der Waals surface area contributed by atoms with Gasteiger partial charge in [-0.3, -0.25) is 24.5 Å². The summed E-state index contributed by atoms with van der Waals surface area (Å²) in [6.45, 7) is 7.61. The molecule has 0 unspecified atom stereocenters. The molecule has 3 rings (SSSR count). The first kappa shape index (κ1) is 23.4. The van der Waals surface area contributed by atoms with Gasteiger partial charge in [0.25, 0.3) is 11.8 Å². The maximum Gasteiger partial charge on any atom is 0.274 e. The Labute approximate surface area is 187 Å². The summed E-state index contributed by atoms with van der Waals surface area (Å²) in [5, 5.41) is 11.1. The number of nitrogens with zero attached hydrogens (tertiary/aromatic N) is 1. The van der Waals surface area contributed by atoms with Crippen molar-refractivity contribution in [2.24, 2.45) is 0 Å². The molecule has 0 atom stereocenters. The van der Waals surface area contributed by atoms with E-state index in [-0.39, 0.29) is 5.56 Å². The fourth-order valence-electron chi connectivity index (χ4n) is 3.66. The average Bonchev–Trinajstić information content (AvgIpc) is 2.84. The van der Waals surface area contributed by atoms with Gasteiger partial charge in [-0.15, -0.1) is 0 Å². The van der Waals surface area contributed by atoms with Crippen LogP contribution in [0.4, 0.5) is 0 Å². The standard InChI is InChI=1S/C25H29N3O4/c1-3-28(4-2)17-21-8-6-9-22-18(7-5-10-23(21)22)15-16-32-27-25(30)20-13-11-19(12-14-20)24(29)26-31/h5-14,31H,3-4,15-17H2,1-2H3,(H,26,29)(H,27,30). The maximum atomic E-state index is 12.2. The van der Waals surface area contributed by atoms with Crippen molar-refractivity contribution in [3.05, 3.63) is 82.9 Å². The molecule has 0 bridgehead atoms. The number of carbonyl (C=O) groups excluding carboxylic acids is 2. The van der Waals surface area contributed by atoms with Gasteiger partial charge in [-0.05, 0) is 65.7 Å². The first-order valence-corrected chi connectivity index (χ1v) is 10.8. The van der Waals surface area contributed by atoms with Gasteiger partial charge in [-0.1, -0.05) is 50.2 Å². The van der Waals surface area contributed by atoms with Crippen molar-refractivity contribution in [1.82, 2.24) is 15.9 Å². The Hall–Kier alpha value is -3.26. The van der Waals surface area contributed by atoms with E-state index in [9.17, 15) is 9.59 Å². The fraction of sp³-hybridized carbons (Fsp3) is 0.280. The van der Waals surface area contributed by atoms with Gasteiger partial charge in [0.2, 0.25) is 0 Å². The summed E-state index contributed by atoms with van der Waals surface area (Å²) >= 11 is 0. The van der Waals surface area contributed by atoms with E-state index in [0.29, 0.717) is 18.6 Å². The van der Waals surface area contributed by atoms with Crippen molar-refractivity contribution in [1.29, 1.82) is 0 Å². The van der Waals surface area contributed by atoms with Gasteiger partial charge in [0.1, 0.15) is 0 Å².